The Balaban J connectivity index is 2.63. The number of carbonyl (C=O) groups excluding carboxylic acids is 1. The second-order valence-electron chi connectivity index (χ2n) is 3.40. The molecule has 0 aromatic heterocycles. The summed E-state index contributed by atoms with van der Waals surface area (Å²) >= 11 is 7.73. The zero-order valence-corrected chi connectivity index (χ0v) is 11.7. The van der Waals surface area contributed by atoms with E-state index in [2.05, 4.69) is 0 Å². The van der Waals surface area contributed by atoms with E-state index in [1.54, 1.807) is 6.07 Å². The van der Waals surface area contributed by atoms with Crippen LogP contribution in [0.3, 0.4) is 0 Å². The SMILES string of the molecule is O=C(NCC(O)C(F)(F)F)c1ccc(I)c(Cl)c1. The van der Waals surface area contributed by atoms with Crippen molar-refractivity contribution in [2.75, 3.05) is 6.54 Å². The molecule has 1 aromatic rings. The normalized spacial score (nSPS) is 13.2. The summed E-state index contributed by atoms with van der Waals surface area (Å²) in [4.78, 5) is 11.5. The van der Waals surface area contributed by atoms with Gasteiger partial charge in [0, 0.05) is 9.13 Å². The van der Waals surface area contributed by atoms with Crippen LogP contribution < -0.4 is 5.32 Å². The summed E-state index contributed by atoms with van der Waals surface area (Å²) in [7, 11) is 0. The Bertz CT molecular complexity index is 453. The molecule has 0 aliphatic rings. The molecule has 1 aromatic carbocycles. The number of alkyl halides is 3. The van der Waals surface area contributed by atoms with Crippen LogP contribution in [0.4, 0.5) is 13.2 Å². The van der Waals surface area contributed by atoms with Gasteiger partial charge in [-0.15, -0.1) is 0 Å². The Morgan fingerprint density at radius 2 is 2.11 bits per heavy atom. The van der Waals surface area contributed by atoms with Crippen molar-refractivity contribution in [3.63, 3.8) is 0 Å². The molecule has 0 spiro atoms. The molecule has 0 saturated heterocycles. The minimum Gasteiger partial charge on any atom is -0.382 e. The van der Waals surface area contributed by atoms with Crippen LogP contribution in [0.2, 0.25) is 5.02 Å². The van der Waals surface area contributed by atoms with Gasteiger partial charge in [-0.3, -0.25) is 4.79 Å². The van der Waals surface area contributed by atoms with E-state index in [0.717, 1.165) is 3.57 Å². The molecule has 3 nitrogen and oxygen atoms in total. The third-order valence-corrected chi connectivity index (χ3v) is 3.59. The van der Waals surface area contributed by atoms with E-state index >= 15 is 0 Å². The molecule has 0 aliphatic heterocycles. The second-order valence-corrected chi connectivity index (χ2v) is 4.97. The fraction of sp³-hybridized carbons (Fsp3) is 0.300. The first kappa shape index (κ1) is 15.5. The molecule has 0 saturated carbocycles. The van der Waals surface area contributed by atoms with Gasteiger partial charge in [0.15, 0.2) is 6.10 Å². The lowest BCUT2D eigenvalue weighted by Crippen LogP contribution is -2.40. The number of benzene rings is 1. The quantitative estimate of drug-likeness (QED) is 0.776. The van der Waals surface area contributed by atoms with Gasteiger partial charge in [-0.05, 0) is 40.8 Å². The average molecular weight is 394 g/mol. The first-order valence-corrected chi connectivity index (χ1v) is 6.15. The lowest BCUT2D eigenvalue weighted by Gasteiger charge is -2.15. The van der Waals surface area contributed by atoms with Crippen molar-refractivity contribution in [3.8, 4) is 0 Å². The Kier molecular flexibility index (Phi) is 5.23. The lowest BCUT2D eigenvalue weighted by atomic mass is 10.2. The van der Waals surface area contributed by atoms with Crippen LogP contribution in [0.25, 0.3) is 0 Å². The van der Waals surface area contributed by atoms with Gasteiger partial charge in [0.2, 0.25) is 0 Å². The van der Waals surface area contributed by atoms with Gasteiger partial charge in [-0.1, -0.05) is 11.6 Å². The average Bonchev–Trinajstić information content (AvgIpc) is 2.27. The van der Waals surface area contributed by atoms with Crippen molar-refractivity contribution in [3.05, 3.63) is 32.4 Å². The number of halogens is 5. The van der Waals surface area contributed by atoms with E-state index in [4.69, 9.17) is 16.7 Å². The van der Waals surface area contributed by atoms with Crippen LogP contribution >= 0.6 is 34.2 Å². The maximum atomic E-state index is 12.0. The molecule has 1 unspecified atom stereocenters. The second kappa shape index (κ2) is 6.07. The van der Waals surface area contributed by atoms with Crippen LogP contribution in [0, 0.1) is 3.57 Å². The first-order chi connectivity index (χ1) is 8.21. The smallest absolute Gasteiger partial charge is 0.382 e. The van der Waals surface area contributed by atoms with Crippen molar-refractivity contribution in [1.82, 2.24) is 5.32 Å². The fourth-order valence-electron chi connectivity index (χ4n) is 1.04. The highest BCUT2D eigenvalue weighted by atomic mass is 127. The molecular formula is C10H8ClF3INO2. The molecule has 0 heterocycles. The van der Waals surface area contributed by atoms with E-state index in [0.29, 0.717) is 5.02 Å². The largest absolute Gasteiger partial charge is 0.416 e. The Morgan fingerprint density at radius 1 is 1.50 bits per heavy atom. The summed E-state index contributed by atoms with van der Waals surface area (Å²) in [6, 6.07) is 4.35. The number of amides is 1. The monoisotopic (exact) mass is 393 g/mol. The molecule has 0 aliphatic carbocycles. The third-order valence-electron chi connectivity index (χ3n) is 2.02. The molecule has 100 valence electrons. The van der Waals surface area contributed by atoms with Gasteiger partial charge in [0.1, 0.15) is 0 Å². The molecule has 1 amide bonds. The maximum Gasteiger partial charge on any atom is 0.416 e. The van der Waals surface area contributed by atoms with E-state index in [9.17, 15) is 18.0 Å². The predicted octanol–water partition coefficient (Wildman–Crippen LogP) is 2.60. The summed E-state index contributed by atoms with van der Waals surface area (Å²) in [5, 5.41) is 11.0. The highest BCUT2D eigenvalue weighted by Crippen LogP contribution is 2.21. The number of nitrogens with one attached hydrogen (secondary N) is 1. The maximum absolute atomic E-state index is 12.0. The minimum absolute atomic E-state index is 0.134. The lowest BCUT2D eigenvalue weighted by molar-refractivity contribution is -0.201. The molecular weight excluding hydrogens is 385 g/mol. The third kappa shape index (κ3) is 4.29. The first-order valence-electron chi connectivity index (χ1n) is 4.70. The standard InChI is InChI=1S/C10H8ClF3INO2/c11-6-3-5(1-2-7(6)15)9(18)16-4-8(17)10(12,13)14/h1-3,8,17H,4H2,(H,16,18). The molecule has 0 radical (unpaired) electrons. The summed E-state index contributed by atoms with van der Waals surface area (Å²) in [6.07, 6.45) is -7.34. The Labute approximate surface area is 119 Å². The van der Waals surface area contributed by atoms with Crippen LogP contribution in [0.1, 0.15) is 10.4 Å². The van der Waals surface area contributed by atoms with Gasteiger partial charge in [0.25, 0.3) is 5.91 Å². The van der Waals surface area contributed by atoms with Gasteiger partial charge < -0.3 is 10.4 Å². The van der Waals surface area contributed by atoms with Crippen molar-refractivity contribution in [2.45, 2.75) is 12.3 Å². The molecule has 2 N–H and O–H groups in total. The Hall–Kier alpha value is -0.540. The highest BCUT2D eigenvalue weighted by Gasteiger charge is 2.38. The number of rotatable bonds is 3. The van der Waals surface area contributed by atoms with Gasteiger partial charge in [-0.2, -0.15) is 13.2 Å². The topological polar surface area (TPSA) is 49.3 Å². The van der Waals surface area contributed by atoms with Crippen LogP contribution in [-0.4, -0.2) is 29.8 Å². The van der Waals surface area contributed by atoms with Gasteiger partial charge >= 0.3 is 6.18 Å². The van der Waals surface area contributed by atoms with Crippen LogP contribution in [-0.2, 0) is 0 Å². The zero-order chi connectivity index (χ0) is 13.9. The summed E-state index contributed by atoms with van der Waals surface area (Å²) < 4.78 is 36.7. The molecule has 1 rings (SSSR count). The molecule has 0 bridgehead atoms. The van der Waals surface area contributed by atoms with E-state index in [1.165, 1.54) is 12.1 Å². The number of hydrogen-bond donors (Lipinski definition) is 2. The number of aliphatic hydroxyl groups is 1. The minimum atomic E-state index is -4.75. The molecule has 8 heteroatoms. The molecule has 18 heavy (non-hydrogen) atoms. The van der Waals surface area contributed by atoms with Gasteiger partial charge in [0.05, 0.1) is 11.6 Å². The molecule has 1 atom stereocenters. The number of aliphatic hydroxyl groups excluding tert-OH is 1. The van der Waals surface area contributed by atoms with Crippen LogP contribution in [0.5, 0.6) is 0 Å². The van der Waals surface area contributed by atoms with Gasteiger partial charge in [-0.25, -0.2) is 0 Å². The van der Waals surface area contributed by atoms with Crippen molar-refractivity contribution in [2.24, 2.45) is 0 Å². The zero-order valence-electron chi connectivity index (χ0n) is 8.76. The van der Waals surface area contributed by atoms with E-state index < -0.39 is 24.7 Å². The van der Waals surface area contributed by atoms with Crippen molar-refractivity contribution < 1.29 is 23.1 Å². The summed E-state index contributed by atoms with van der Waals surface area (Å²) in [6.45, 7) is -0.897. The van der Waals surface area contributed by atoms with E-state index in [-0.39, 0.29) is 5.56 Å². The highest BCUT2D eigenvalue weighted by molar-refractivity contribution is 14.1. The number of hydrogen-bond acceptors (Lipinski definition) is 2. The van der Waals surface area contributed by atoms with Crippen molar-refractivity contribution in [1.29, 1.82) is 0 Å². The Morgan fingerprint density at radius 3 is 2.61 bits per heavy atom. The number of carbonyl (C=O) groups is 1. The van der Waals surface area contributed by atoms with Crippen molar-refractivity contribution >= 4 is 40.1 Å². The van der Waals surface area contributed by atoms with Crippen LogP contribution in [0.15, 0.2) is 18.2 Å². The fourth-order valence-corrected chi connectivity index (χ4v) is 1.56. The predicted molar refractivity (Wildman–Crippen MR) is 68.6 cm³/mol. The summed E-state index contributed by atoms with van der Waals surface area (Å²) in [5.74, 6) is -0.725. The van der Waals surface area contributed by atoms with E-state index in [1.807, 2.05) is 27.9 Å². The summed E-state index contributed by atoms with van der Waals surface area (Å²) in [5.41, 5.74) is 0.134. The molecule has 0 fully saturated rings.